The first kappa shape index (κ1) is 13.6. The molecule has 0 aromatic heterocycles. The molecule has 4 aliphatic rings. The summed E-state index contributed by atoms with van der Waals surface area (Å²) in [5.41, 5.74) is 0.480. The molecule has 1 nitrogen and oxygen atoms in total. The van der Waals surface area contributed by atoms with Gasteiger partial charge in [-0.1, -0.05) is 26.7 Å². The Morgan fingerprint density at radius 2 is 1.60 bits per heavy atom. The zero-order valence-corrected chi connectivity index (χ0v) is 13.5. The largest absolute Gasteiger partial charge is 0.389 e. The summed E-state index contributed by atoms with van der Waals surface area (Å²) >= 11 is 0. The van der Waals surface area contributed by atoms with Crippen LogP contribution in [-0.4, -0.2) is 10.7 Å². The summed E-state index contributed by atoms with van der Waals surface area (Å²) in [6, 6.07) is 0. The van der Waals surface area contributed by atoms with Crippen molar-refractivity contribution in [2.24, 2.45) is 28.6 Å². The molecule has 4 aliphatic carbocycles. The molecule has 0 aliphatic heterocycles. The minimum atomic E-state index is -0.318. The molecule has 0 aromatic carbocycles. The molecular weight excluding hydrogens is 244 g/mol. The van der Waals surface area contributed by atoms with Gasteiger partial charge in [-0.05, 0) is 86.4 Å². The average molecular weight is 276 g/mol. The van der Waals surface area contributed by atoms with Crippen LogP contribution in [0.15, 0.2) is 0 Å². The first-order valence-corrected chi connectivity index (χ1v) is 9.22. The molecule has 4 saturated carbocycles. The molecule has 114 valence electrons. The van der Waals surface area contributed by atoms with Crippen LogP contribution in [0.1, 0.15) is 84.5 Å². The van der Waals surface area contributed by atoms with Crippen molar-refractivity contribution in [2.45, 2.75) is 90.1 Å². The fraction of sp³-hybridized carbons (Fsp3) is 1.00. The lowest BCUT2D eigenvalue weighted by Gasteiger charge is -2.62. The van der Waals surface area contributed by atoms with Gasteiger partial charge in [0.2, 0.25) is 0 Å². The molecule has 6 atom stereocenters. The van der Waals surface area contributed by atoms with Crippen LogP contribution in [-0.2, 0) is 0 Å². The van der Waals surface area contributed by atoms with Crippen LogP contribution in [0.2, 0.25) is 0 Å². The molecular formula is C19H32O. The molecule has 0 bridgehead atoms. The maximum absolute atomic E-state index is 11.6. The molecule has 0 saturated heterocycles. The van der Waals surface area contributed by atoms with Crippen molar-refractivity contribution in [3.8, 4) is 0 Å². The van der Waals surface area contributed by atoms with Crippen LogP contribution in [0.25, 0.3) is 0 Å². The van der Waals surface area contributed by atoms with E-state index in [1.807, 2.05) is 0 Å². The van der Waals surface area contributed by atoms with E-state index < -0.39 is 0 Å². The third-order valence-electron chi connectivity index (χ3n) is 8.56. The fourth-order valence-corrected chi connectivity index (χ4v) is 7.25. The van der Waals surface area contributed by atoms with Crippen LogP contribution in [0, 0.1) is 28.6 Å². The van der Waals surface area contributed by atoms with Crippen LogP contribution in [0.4, 0.5) is 0 Å². The summed E-state index contributed by atoms with van der Waals surface area (Å²) in [7, 11) is 0. The van der Waals surface area contributed by atoms with E-state index in [2.05, 4.69) is 13.8 Å². The van der Waals surface area contributed by atoms with E-state index in [1.54, 1.807) is 0 Å². The maximum Gasteiger partial charge on any atom is 0.0731 e. The second-order valence-electron chi connectivity index (χ2n) is 9.12. The Hall–Kier alpha value is -0.0400. The van der Waals surface area contributed by atoms with Crippen LogP contribution in [0.5, 0.6) is 0 Å². The molecule has 20 heavy (non-hydrogen) atoms. The highest BCUT2D eigenvalue weighted by Crippen LogP contribution is 2.67. The van der Waals surface area contributed by atoms with E-state index in [1.165, 1.54) is 64.2 Å². The SMILES string of the molecule is C[C@]12CCCC[C@H]1CC[C@@H]1[C@@H]2CC[C@]2(C)CCC[C@]12O. The number of hydrogen-bond acceptors (Lipinski definition) is 1. The van der Waals surface area contributed by atoms with Gasteiger partial charge in [0, 0.05) is 0 Å². The first-order valence-electron chi connectivity index (χ1n) is 9.22. The lowest BCUT2D eigenvalue weighted by atomic mass is 9.44. The van der Waals surface area contributed by atoms with Gasteiger partial charge in [0.15, 0.2) is 0 Å². The molecule has 0 radical (unpaired) electrons. The van der Waals surface area contributed by atoms with Gasteiger partial charge in [0.1, 0.15) is 0 Å². The number of fused-ring (bicyclic) bond motifs is 5. The topological polar surface area (TPSA) is 20.2 Å². The third-order valence-corrected chi connectivity index (χ3v) is 8.56. The Bertz CT molecular complexity index is 405. The van der Waals surface area contributed by atoms with E-state index in [4.69, 9.17) is 0 Å². The summed E-state index contributed by atoms with van der Waals surface area (Å²) < 4.78 is 0. The third kappa shape index (κ3) is 1.54. The quantitative estimate of drug-likeness (QED) is 0.665. The van der Waals surface area contributed by atoms with Gasteiger partial charge in [-0.25, -0.2) is 0 Å². The normalized spacial score (nSPS) is 58.6. The summed E-state index contributed by atoms with van der Waals surface area (Å²) in [4.78, 5) is 0. The minimum Gasteiger partial charge on any atom is -0.389 e. The number of hydrogen-bond donors (Lipinski definition) is 1. The van der Waals surface area contributed by atoms with E-state index in [9.17, 15) is 5.11 Å². The summed E-state index contributed by atoms with van der Waals surface area (Å²) in [6.45, 7) is 4.99. The van der Waals surface area contributed by atoms with Crippen molar-refractivity contribution in [3.05, 3.63) is 0 Å². The summed E-state index contributed by atoms with van der Waals surface area (Å²) in [6.07, 6.45) is 14.8. The second kappa shape index (κ2) is 4.24. The van der Waals surface area contributed by atoms with Crippen molar-refractivity contribution in [3.63, 3.8) is 0 Å². The van der Waals surface area contributed by atoms with Crippen LogP contribution in [0.3, 0.4) is 0 Å². The Kier molecular flexibility index (Phi) is 2.89. The lowest BCUT2D eigenvalue weighted by molar-refractivity contribution is -0.197. The van der Waals surface area contributed by atoms with Crippen molar-refractivity contribution in [2.75, 3.05) is 0 Å². The van der Waals surface area contributed by atoms with Gasteiger partial charge in [-0.2, -0.15) is 0 Å². The van der Waals surface area contributed by atoms with Gasteiger partial charge in [-0.3, -0.25) is 0 Å². The van der Waals surface area contributed by atoms with Gasteiger partial charge in [0.25, 0.3) is 0 Å². The molecule has 4 fully saturated rings. The fourth-order valence-electron chi connectivity index (χ4n) is 7.25. The van der Waals surface area contributed by atoms with Crippen LogP contribution < -0.4 is 0 Å². The Balaban J connectivity index is 1.70. The van der Waals surface area contributed by atoms with Crippen LogP contribution >= 0.6 is 0 Å². The highest BCUT2D eigenvalue weighted by Gasteiger charge is 2.63. The van der Waals surface area contributed by atoms with Gasteiger partial charge >= 0.3 is 0 Å². The Morgan fingerprint density at radius 1 is 0.750 bits per heavy atom. The van der Waals surface area contributed by atoms with E-state index in [0.29, 0.717) is 11.3 Å². The smallest absolute Gasteiger partial charge is 0.0731 e. The molecule has 4 rings (SSSR count). The summed E-state index contributed by atoms with van der Waals surface area (Å²) in [5, 5.41) is 11.6. The Labute approximate surface area is 124 Å². The Morgan fingerprint density at radius 3 is 2.45 bits per heavy atom. The molecule has 0 amide bonds. The molecule has 0 spiro atoms. The zero-order valence-electron chi connectivity index (χ0n) is 13.5. The lowest BCUT2D eigenvalue weighted by Crippen LogP contribution is -2.60. The average Bonchev–Trinajstić information content (AvgIpc) is 2.74. The van der Waals surface area contributed by atoms with Gasteiger partial charge < -0.3 is 5.11 Å². The first-order chi connectivity index (χ1) is 9.50. The molecule has 0 aromatic rings. The summed E-state index contributed by atoms with van der Waals surface area (Å²) in [5.74, 6) is 2.40. The highest BCUT2D eigenvalue weighted by atomic mass is 16.3. The van der Waals surface area contributed by atoms with E-state index in [0.717, 1.165) is 18.3 Å². The van der Waals surface area contributed by atoms with Crippen molar-refractivity contribution >= 4 is 0 Å². The minimum absolute atomic E-state index is 0.242. The molecule has 1 N–H and O–H groups in total. The second-order valence-corrected chi connectivity index (χ2v) is 9.12. The van der Waals surface area contributed by atoms with Crippen molar-refractivity contribution < 1.29 is 5.11 Å². The molecule has 1 heteroatoms. The molecule has 0 unspecified atom stereocenters. The number of rotatable bonds is 0. The number of aliphatic hydroxyl groups is 1. The maximum atomic E-state index is 11.6. The molecule has 0 heterocycles. The highest BCUT2D eigenvalue weighted by molar-refractivity contribution is 5.14. The van der Waals surface area contributed by atoms with Crippen molar-refractivity contribution in [1.29, 1.82) is 0 Å². The van der Waals surface area contributed by atoms with Gasteiger partial charge in [0.05, 0.1) is 5.60 Å². The zero-order chi connectivity index (χ0) is 14.0. The predicted octanol–water partition coefficient (Wildman–Crippen LogP) is 4.92. The van der Waals surface area contributed by atoms with Gasteiger partial charge in [-0.15, -0.1) is 0 Å². The van der Waals surface area contributed by atoms with Crippen molar-refractivity contribution in [1.82, 2.24) is 0 Å². The standard InChI is InChI=1S/C19H32O/c1-17-10-5-12-19(17,20)16-8-7-14-6-3-4-11-18(14,2)15(16)9-13-17/h14-16,20H,3-13H2,1-2H3/t14-,15-,16+,17-,18-,19-/m0/s1. The monoisotopic (exact) mass is 276 g/mol. The van der Waals surface area contributed by atoms with E-state index in [-0.39, 0.29) is 11.0 Å². The predicted molar refractivity (Wildman–Crippen MR) is 82.4 cm³/mol. The van der Waals surface area contributed by atoms with E-state index >= 15 is 0 Å².